The molecule has 0 unspecified atom stereocenters. The predicted molar refractivity (Wildman–Crippen MR) is 71.6 cm³/mol. The van der Waals surface area contributed by atoms with Gasteiger partial charge in [-0.15, -0.1) is 0 Å². The van der Waals surface area contributed by atoms with Crippen LogP contribution in [0.4, 0.5) is 10.6 Å². The van der Waals surface area contributed by atoms with E-state index in [1.54, 1.807) is 6.20 Å². The fourth-order valence-corrected chi connectivity index (χ4v) is 1.48. The van der Waals surface area contributed by atoms with Gasteiger partial charge in [-0.05, 0) is 44.9 Å². The van der Waals surface area contributed by atoms with Gasteiger partial charge in [-0.3, -0.25) is 0 Å². The molecule has 0 saturated carbocycles. The largest absolute Gasteiger partial charge is 0.444 e. The summed E-state index contributed by atoms with van der Waals surface area (Å²) in [6.07, 6.45) is 1.31. The van der Waals surface area contributed by atoms with Crippen molar-refractivity contribution in [1.82, 2.24) is 10.3 Å². The first-order valence-electron chi connectivity index (χ1n) is 5.92. The summed E-state index contributed by atoms with van der Waals surface area (Å²) in [7, 11) is 1.83. The van der Waals surface area contributed by atoms with Crippen molar-refractivity contribution < 1.29 is 9.53 Å². The van der Waals surface area contributed by atoms with Gasteiger partial charge in [0.25, 0.3) is 0 Å². The zero-order chi connectivity index (χ0) is 13.8. The number of pyridine rings is 1. The molecular formula is C13H21N3O2. The van der Waals surface area contributed by atoms with Gasteiger partial charge < -0.3 is 15.4 Å². The molecule has 0 atom stereocenters. The third kappa shape index (κ3) is 4.61. The smallest absolute Gasteiger partial charge is 0.407 e. The molecule has 1 aromatic rings. The van der Waals surface area contributed by atoms with Crippen LogP contribution in [0.1, 0.15) is 31.9 Å². The molecule has 1 rings (SSSR count). The molecule has 0 aliphatic rings. The van der Waals surface area contributed by atoms with Crippen LogP contribution in [0.15, 0.2) is 12.3 Å². The highest BCUT2D eigenvalue weighted by Crippen LogP contribution is 2.12. The van der Waals surface area contributed by atoms with Crippen LogP contribution < -0.4 is 10.6 Å². The Hall–Kier alpha value is -1.78. The Morgan fingerprint density at radius 1 is 1.44 bits per heavy atom. The van der Waals surface area contributed by atoms with Gasteiger partial charge in [0.05, 0.1) is 0 Å². The van der Waals surface area contributed by atoms with E-state index < -0.39 is 11.7 Å². The van der Waals surface area contributed by atoms with E-state index in [0.717, 1.165) is 16.9 Å². The van der Waals surface area contributed by atoms with Crippen molar-refractivity contribution in [1.29, 1.82) is 0 Å². The van der Waals surface area contributed by atoms with Crippen LogP contribution in [0.5, 0.6) is 0 Å². The van der Waals surface area contributed by atoms with Crippen LogP contribution in [0, 0.1) is 6.92 Å². The number of carbonyl (C=O) groups excluding carboxylic acids is 1. The summed E-state index contributed by atoms with van der Waals surface area (Å²) in [5, 5.41) is 5.69. The molecule has 1 heterocycles. The first kappa shape index (κ1) is 14.3. The first-order valence-corrected chi connectivity index (χ1v) is 5.92. The number of anilines is 1. The molecule has 18 heavy (non-hydrogen) atoms. The molecule has 100 valence electrons. The molecular weight excluding hydrogens is 230 g/mol. The van der Waals surface area contributed by atoms with Gasteiger partial charge in [0, 0.05) is 19.8 Å². The molecule has 2 N–H and O–H groups in total. The lowest BCUT2D eigenvalue weighted by atomic mass is 10.2. The lowest BCUT2D eigenvalue weighted by molar-refractivity contribution is 0.0523. The summed E-state index contributed by atoms with van der Waals surface area (Å²) in [5.74, 6) is 0.844. The summed E-state index contributed by atoms with van der Waals surface area (Å²) in [4.78, 5) is 15.7. The Labute approximate surface area is 108 Å². The SMILES string of the molecule is CNc1ncc(CNC(=O)OC(C)(C)C)cc1C. The van der Waals surface area contributed by atoms with E-state index in [2.05, 4.69) is 15.6 Å². The third-order valence-corrected chi connectivity index (χ3v) is 2.21. The van der Waals surface area contributed by atoms with E-state index in [9.17, 15) is 4.79 Å². The van der Waals surface area contributed by atoms with Crippen molar-refractivity contribution in [2.45, 2.75) is 39.8 Å². The molecule has 0 aliphatic carbocycles. The van der Waals surface area contributed by atoms with Crippen LogP contribution in [0.2, 0.25) is 0 Å². The van der Waals surface area contributed by atoms with Crippen LogP contribution in [0.3, 0.4) is 0 Å². The van der Waals surface area contributed by atoms with E-state index in [-0.39, 0.29) is 0 Å². The molecule has 0 aliphatic heterocycles. The summed E-state index contributed by atoms with van der Waals surface area (Å²) in [6, 6.07) is 1.98. The summed E-state index contributed by atoms with van der Waals surface area (Å²) >= 11 is 0. The maximum Gasteiger partial charge on any atom is 0.407 e. The van der Waals surface area contributed by atoms with Crippen LogP contribution in [-0.2, 0) is 11.3 Å². The molecule has 0 fully saturated rings. The van der Waals surface area contributed by atoms with Gasteiger partial charge in [0.2, 0.25) is 0 Å². The van der Waals surface area contributed by atoms with Crippen LogP contribution in [0.25, 0.3) is 0 Å². The number of hydrogen-bond donors (Lipinski definition) is 2. The lowest BCUT2D eigenvalue weighted by Gasteiger charge is -2.19. The number of nitrogens with zero attached hydrogens (tertiary/aromatic N) is 1. The fourth-order valence-electron chi connectivity index (χ4n) is 1.48. The minimum absolute atomic E-state index is 0.409. The highest BCUT2D eigenvalue weighted by atomic mass is 16.6. The Morgan fingerprint density at radius 2 is 2.11 bits per heavy atom. The number of amides is 1. The molecule has 5 nitrogen and oxygen atoms in total. The number of alkyl carbamates (subject to hydrolysis) is 1. The second kappa shape index (κ2) is 5.71. The maximum absolute atomic E-state index is 11.5. The van der Waals surface area contributed by atoms with Gasteiger partial charge in [-0.1, -0.05) is 0 Å². The number of ether oxygens (including phenoxy) is 1. The lowest BCUT2D eigenvalue weighted by Crippen LogP contribution is -2.32. The number of hydrogen-bond acceptors (Lipinski definition) is 4. The van der Waals surface area contributed by atoms with Crippen molar-refractivity contribution in [3.8, 4) is 0 Å². The zero-order valence-electron chi connectivity index (χ0n) is 11.6. The van der Waals surface area contributed by atoms with Crippen LogP contribution in [-0.4, -0.2) is 23.7 Å². The molecule has 0 radical (unpaired) electrons. The molecule has 5 heteroatoms. The molecule has 0 saturated heterocycles. The minimum atomic E-state index is -0.478. The van der Waals surface area contributed by atoms with E-state index in [4.69, 9.17) is 4.74 Å². The van der Waals surface area contributed by atoms with E-state index in [0.29, 0.717) is 6.54 Å². The average Bonchev–Trinajstić information content (AvgIpc) is 2.24. The normalized spacial score (nSPS) is 10.9. The predicted octanol–water partition coefficient (Wildman–Crippen LogP) is 2.46. The van der Waals surface area contributed by atoms with E-state index in [1.165, 1.54) is 0 Å². The Morgan fingerprint density at radius 3 is 2.61 bits per heavy atom. The van der Waals surface area contributed by atoms with E-state index >= 15 is 0 Å². The molecule has 0 bridgehead atoms. The van der Waals surface area contributed by atoms with Crippen molar-refractivity contribution in [3.63, 3.8) is 0 Å². The number of carbonyl (C=O) groups is 1. The molecule has 1 amide bonds. The fraction of sp³-hybridized carbons (Fsp3) is 0.538. The molecule has 1 aromatic heterocycles. The Balaban J connectivity index is 2.54. The summed E-state index contributed by atoms with van der Waals surface area (Å²) in [6.45, 7) is 7.88. The maximum atomic E-state index is 11.5. The molecule has 0 aromatic carbocycles. The highest BCUT2D eigenvalue weighted by Gasteiger charge is 2.15. The number of nitrogens with one attached hydrogen (secondary N) is 2. The second-order valence-electron chi connectivity index (χ2n) is 5.11. The van der Waals surface area contributed by atoms with Gasteiger partial charge in [0.1, 0.15) is 11.4 Å². The topological polar surface area (TPSA) is 63.2 Å². The van der Waals surface area contributed by atoms with Crippen molar-refractivity contribution in [2.24, 2.45) is 0 Å². The average molecular weight is 251 g/mol. The van der Waals surface area contributed by atoms with Gasteiger partial charge in [-0.2, -0.15) is 0 Å². The third-order valence-electron chi connectivity index (χ3n) is 2.21. The monoisotopic (exact) mass is 251 g/mol. The summed E-state index contributed by atoms with van der Waals surface area (Å²) in [5.41, 5.74) is 1.51. The summed E-state index contributed by atoms with van der Waals surface area (Å²) < 4.78 is 5.15. The number of aryl methyl sites for hydroxylation is 1. The van der Waals surface area contributed by atoms with Gasteiger partial charge >= 0.3 is 6.09 Å². The second-order valence-corrected chi connectivity index (χ2v) is 5.11. The van der Waals surface area contributed by atoms with Gasteiger partial charge in [0.15, 0.2) is 0 Å². The quantitative estimate of drug-likeness (QED) is 0.866. The van der Waals surface area contributed by atoms with Crippen molar-refractivity contribution in [3.05, 3.63) is 23.4 Å². The minimum Gasteiger partial charge on any atom is -0.444 e. The van der Waals surface area contributed by atoms with Gasteiger partial charge in [-0.25, -0.2) is 9.78 Å². The zero-order valence-corrected chi connectivity index (χ0v) is 11.6. The van der Waals surface area contributed by atoms with Crippen molar-refractivity contribution >= 4 is 11.9 Å². The first-order chi connectivity index (χ1) is 8.31. The number of aromatic nitrogens is 1. The Bertz CT molecular complexity index is 425. The standard InChI is InChI=1S/C13H21N3O2/c1-9-6-10(7-15-11(9)14-5)8-16-12(17)18-13(2,3)4/h6-7H,8H2,1-5H3,(H,14,15)(H,16,17). The van der Waals surface area contributed by atoms with E-state index in [1.807, 2.05) is 40.8 Å². The molecule has 0 spiro atoms. The highest BCUT2D eigenvalue weighted by molar-refractivity contribution is 5.67. The number of rotatable bonds is 3. The van der Waals surface area contributed by atoms with Crippen molar-refractivity contribution in [2.75, 3.05) is 12.4 Å². The van der Waals surface area contributed by atoms with Crippen LogP contribution >= 0.6 is 0 Å². The Kier molecular flexibility index (Phi) is 4.53.